The van der Waals surface area contributed by atoms with Crippen molar-refractivity contribution in [1.82, 2.24) is 10.3 Å². The maximum atomic E-state index is 4.79. The minimum atomic E-state index is 0.874. The number of hydrogen-bond acceptors (Lipinski definition) is 3. The van der Waals surface area contributed by atoms with Crippen LogP contribution in [0.1, 0.15) is 31.7 Å². The number of anilines is 1. The van der Waals surface area contributed by atoms with Crippen LogP contribution in [-0.2, 0) is 6.54 Å². The van der Waals surface area contributed by atoms with Gasteiger partial charge in [-0.1, -0.05) is 38.0 Å². The van der Waals surface area contributed by atoms with Crippen LogP contribution in [0.3, 0.4) is 0 Å². The summed E-state index contributed by atoms with van der Waals surface area (Å²) in [7, 11) is 4.12. The molecule has 0 aliphatic rings. The van der Waals surface area contributed by atoms with E-state index >= 15 is 0 Å². The molecular formula is C17H25N3. The molecule has 0 aliphatic heterocycles. The van der Waals surface area contributed by atoms with Crippen LogP contribution in [0.25, 0.3) is 10.9 Å². The van der Waals surface area contributed by atoms with Crippen LogP contribution in [0.15, 0.2) is 30.3 Å². The standard InChI is InChI=1S/C17H25N3/c1-4-5-8-11-20(3)17-12-14(13-18-2)15-9-6-7-10-16(15)19-17/h6-7,9-10,12,18H,4-5,8,11,13H2,1-3H3. The highest BCUT2D eigenvalue weighted by Crippen LogP contribution is 2.22. The van der Waals surface area contributed by atoms with Crippen molar-refractivity contribution in [2.24, 2.45) is 0 Å². The molecule has 0 spiro atoms. The molecule has 0 saturated heterocycles. The Morgan fingerprint density at radius 1 is 1.20 bits per heavy atom. The van der Waals surface area contributed by atoms with Crippen molar-refractivity contribution >= 4 is 16.7 Å². The van der Waals surface area contributed by atoms with Crippen molar-refractivity contribution in [2.45, 2.75) is 32.7 Å². The number of unbranched alkanes of at least 4 members (excludes halogenated alkanes) is 2. The van der Waals surface area contributed by atoms with Crippen LogP contribution in [0.2, 0.25) is 0 Å². The minimum absolute atomic E-state index is 0.874. The van der Waals surface area contributed by atoms with Gasteiger partial charge in [0, 0.05) is 25.5 Å². The van der Waals surface area contributed by atoms with Crippen LogP contribution in [0.5, 0.6) is 0 Å². The molecule has 0 bridgehead atoms. The highest BCUT2D eigenvalue weighted by molar-refractivity contribution is 5.84. The normalized spacial score (nSPS) is 10.9. The van der Waals surface area contributed by atoms with Gasteiger partial charge in [-0.3, -0.25) is 0 Å². The predicted molar refractivity (Wildman–Crippen MR) is 87.3 cm³/mol. The van der Waals surface area contributed by atoms with E-state index in [1.807, 2.05) is 7.05 Å². The molecule has 0 unspecified atom stereocenters. The number of para-hydroxylation sites is 1. The van der Waals surface area contributed by atoms with Crippen LogP contribution >= 0.6 is 0 Å². The highest BCUT2D eigenvalue weighted by Gasteiger charge is 2.08. The molecule has 1 aromatic carbocycles. The number of fused-ring (bicyclic) bond motifs is 1. The molecule has 1 N–H and O–H groups in total. The van der Waals surface area contributed by atoms with Gasteiger partial charge in [0.1, 0.15) is 5.82 Å². The molecule has 0 saturated carbocycles. The molecule has 3 nitrogen and oxygen atoms in total. The van der Waals surface area contributed by atoms with E-state index in [9.17, 15) is 0 Å². The summed E-state index contributed by atoms with van der Waals surface area (Å²) in [5.41, 5.74) is 2.40. The second-order valence-electron chi connectivity index (χ2n) is 5.32. The molecule has 108 valence electrons. The lowest BCUT2D eigenvalue weighted by atomic mass is 10.1. The average Bonchev–Trinajstić information content (AvgIpc) is 2.47. The smallest absolute Gasteiger partial charge is 0.129 e. The summed E-state index contributed by atoms with van der Waals surface area (Å²) in [6, 6.07) is 10.6. The van der Waals surface area contributed by atoms with E-state index in [0.29, 0.717) is 0 Å². The van der Waals surface area contributed by atoms with E-state index in [1.165, 1.54) is 30.2 Å². The van der Waals surface area contributed by atoms with Crippen molar-refractivity contribution in [1.29, 1.82) is 0 Å². The summed E-state index contributed by atoms with van der Waals surface area (Å²) < 4.78 is 0. The second-order valence-corrected chi connectivity index (χ2v) is 5.32. The van der Waals surface area contributed by atoms with Crippen molar-refractivity contribution in [3.05, 3.63) is 35.9 Å². The molecule has 2 aromatic rings. The van der Waals surface area contributed by atoms with Crippen LogP contribution in [0.4, 0.5) is 5.82 Å². The molecule has 0 aliphatic carbocycles. The lowest BCUT2D eigenvalue weighted by Crippen LogP contribution is -2.20. The summed E-state index contributed by atoms with van der Waals surface area (Å²) in [4.78, 5) is 7.06. The Morgan fingerprint density at radius 3 is 2.75 bits per heavy atom. The topological polar surface area (TPSA) is 28.2 Å². The Morgan fingerprint density at radius 2 is 2.00 bits per heavy atom. The average molecular weight is 271 g/mol. The molecule has 1 aromatic heterocycles. The highest BCUT2D eigenvalue weighted by atomic mass is 15.2. The molecular weight excluding hydrogens is 246 g/mol. The third-order valence-corrected chi connectivity index (χ3v) is 3.64. The Kier molecular flexibility index (Phi) is 5.36. The largest absolute Gasteiger partial charge is 0.360 e. The maximum absolute atomic E-state index is 4.79. The number of nitrogens with one attached hydrogen (secondary N) is 1. The van der Waals surface area contributed by atoms with Crippen molar-refractivity contribution < 1.29 is 0 Å². The molecule has 0 radical (unpaired) electrons. The Balaban J connectivity index is 2.29. The molecule has 20 heavy (non-hydrogen) atoms. The fourth-order valence-corrected chi connectivity index (χ4v) is 2.48. The fraction of sp³-hybridized carbons (Fsp3) is 0.471. The van der Waals surface area contributed by atoms with E-state index in [-0.39, 0.29) is 0 Å². The van der Waals surface area contributed by atoms with E-state index in [0.717, 1.165) is 24.4 Å². The first-order chi connectivity index (χ1) is 9.76. The van der Waals surface area contributed by atoms with Gasteiger partial charge in [-0.05, 0) is 31.2 Å². The molecule has 2 rings (SSSR count). The van der Waals surface area contributed by atoms with Gasteiger partial charge in [0.05, 0.1) is 5.52 Å². The number of nitrogens with zero attached hydrogens (tertiary/aromatic N) is 2. The molecule has 3 heteroatoms. The van der Waals surface area contributed by atoms with Gasteiger partial charge >= 0.3 is 0 Å². The Hall–Kier alpha value is -1.61. The summed E-state index contributed by atoms with van der Waals surface area (Å²) in [5, 5.41) is 4.49. The molecule has 0 fully saturated rings. The van der Waals surface area contributed by atoms with Crippen LogP contribution in [0, 0.1) is 0 Å². The van der Waals surface area contributed by atoms with Gasteiger partial charge in [0.2, 0.25) is 0 Å². The Bertz CT molecular complexity index is 551. The summed E-state index contributed by atoms with van der Waals surface area (Å²) in [5.74, 6) is 1.07. The van der Waals surface area contributed by atoms with Crippen molar-refractivity contribution in [3.63, 3.8) is 0 Å². The van der Waals surface area contributed by atoms with Crippen LogP contribution in [-0.4, -0.2) is 25.6 Å². The predicted octanol–water partition coefficient (Wildman–Crippen LogP) is 3.58. The van der Waals surface area contributed by atoms with E-state index in [1.54, 1.807) is 0 Å². The quantitative estimate of drug-likeness (QED) is 0.780. The maximum Gasteiger partial charge on any atom is 0.129 e. The molecule has 1 heterocycles. The lowest BCUT2D eigenvalue weighted by molar-refractivity contribution is 0.701. The van der Waals surface area contributed by atoms with E-state index in [4.69, 9.17) is 4.98 Å². The van der Waals surface area contributed by atoms with Gasteiger partial charge < -0.3 is 10.2 Å². The number of aromatic nitrogens is 1. The fourth-order valence-electron chi connectivity index (χ4n) is 2.48. The van der Waals surface area contributed by atoms with Crippen LogP contribution < -0.4 is 10.2 Å². The van der Waals surface area contributed by atoms with E-state index in [2.05, 4.69) is 54.5 Å². The first-order valence-electron chi connectivity index (χ1n) is 7.50. The minimum Gasteiger partial charge on any atom is -0.360 e. The van der Waals surface area contributed by atoms with Crippen molar-refractivity contribution in [2.75, 3.05) is 25.5 Å². The third-order valence-electron chi connectivity index (χ3n) is 3.64. The zero-order chi connectivity index (χ0) is 14.4. The summed E-state index contributed by atoms with van der Waals surface area (Å²) in [6.07, 6.45) is 3.76. The summed E-state index contributed by atoms with van der Waals surface area (Å²) in [6.45, 7) is 4.18. The second kappa shape index (κ2) is 7.25. The van der Waals surface area contributed by atoms with Gasteiger partial charge in [-0.2, -0.15) is 0 Å². The Labute approximate surface area is 122 Å². The third kappa shape index (κ3) is 3.48. The number of hydrogen-bond donors (Lipinski definition) is 1. The number of benzene rings is 1. The van der Waals surface area contributed by atoms with Crippen molar-refractivity contribution in [3.8, 4) is 0 Å². The van der Waals surface area contributed by atoms with Gasteiger partial charge in [0.15, 0.2) is 0 Å². The number of rotatable bonds is 7. The number of pyridine rings is 1. The zero-order valence-corrected chi connectivity index (χ0v) is 12.8. The van der Waals surface area contributed by atoms with Gasteiger partial charge in [-0.25, -0.2) is 4.98 Å². The monoisotopic (exact) mass is 271 g/mol. The molecule has 0 amide bonds. The van der Waals surface area contributed by atoms with E-state index < -0.39 is 0 Å². The zero-order valence-electron chi connectivity index (χ0n) is 12.8. The lowest BCUT2D eigenvalue weighted by Gasteiger charge is -2.20. The SMILES string of the molecule is CCCCCN(C)c1cc(CNC)c2ccccc2n1. The van der Waals surface area contributed by atoms with Gasteiger partial charge in [-0.15, -0.1) is 0 Å². The first kappa shape index (κ1) is 14.8. The van der Waals surface area contributed by atoms with Gasteiger partial charge in [0.25, 0.3) is 0 Å². The summed E-state index contributed by atoms with van der Waals surface area (Å²) >= 11 is 0. The first-order valence-corrected chi connectivity index (χ1v) is 7.50. The molecule has 0 atom stereocenters.